The molecular weight excluding hydrogens is 244 g/mol. The van der Waals surface area contributed by atoms with Crippen molar-refractivity contribution in [3.63, 3.8) is 0 Å². The molecule has 2 aromatic heterocycles. The summed E-state index contributed by atoms with van der Waals surface area (Å²) in [5.41, 5.74) is 1.22. The molecule has 0 spiro atoms. The largest absolute Gasteiger partial charge is 0.314 e. The van der Waals surface area contributed by atoms with E-state index in [9.17, 15) is 0 Å². The van der Waals surface area contributed by atoms with Gasteiger partial charge in [0.15, 0.2) is 0 Å². The van der Waals surface area contributed by atoms with Gasteiger partial charge in [0.2, 0.25) is 0 Å². The second-order valence-electron chi connectivity index (χ2n) is 4.69. The number of nitrogens with zero attached hydrogens (tertiary/aromatic N) is 3. The highest BCUT2D eigenvalue weighted by atomic mass is 32.1. The Morgan fingerprint density at radius 1 is 1.33 bits per heavy atom. The lowest BCUT2D eigenvalue weighted by atomic mass is 10.3. The third-order valence-corrected chi connectivity index (χ3v) is 4.36. The van der Waals surface area contributed by atoms with Crippen LogP contribution in [0, 0.1) is 0 Å². The van der Waals surface area contributed by atoms with E-state index >= 15 is 0 Å². The maximum Gasteiger partial charge on any atom is 0.0576 e. The van der Waals surface area contributed by atoms with Crippen molar-refractivity contribution in [2.24, 2.45) is 7.05 Å². The van der Waals surface area contributed by atoms with Crippen molar-refractivity contribution in [3.8, 4) is 10.4 Å². The maximum atomic E-state index is 4.22. The number of rotatable bonds is 3. The monoisotopic (exact) mass is 262 g/mol. The van der Waals surface area contributed by atoms with Crippen LogP contribution in [-0.2, 0) is 13.6 Å². The van der Waals surface area contributed by atoms with Crippen LogP contribution in [0.25, 0.3) is 10.4 Å². The van der Waals surface area contributed by atoms with Gasteiger partial charge in [-0.05, 0) is 12.1 Å². The predicted octanol–water partition coefficient (Wildman–Crippen LogP) is 1.55. The second kappa shape index (κ2) is 5.22. The number of hydrogen-bond donors (Lipinski definition) is 1. The zero-order chi connectivity index (χ0) is 12.4. The minimum atomic E-state index is 1.08. The summed E-state index contributed by atoms with van der Waals surface area (Å²) in [5.74, 6) is 0. The van der Waals surface area contributed by atoms with E-state index in [-0.39, 0.29) is 0 Å². The van der Waals surface area contributed by atoms with Crippen LogP contribution >= 0.6 is 11.3 Å². The molecule has 0 aromatic carbocycles. The molecule has 0 saturated carbocycles. The first kappa shape index (κ1) is 11.9. The molecule has 18 heavy (non-hydrogen) atoms. The van der Waals surface area contributed by atoms with Crippen molar-refractivity contribution in [2.75, 3.05) is 26.2 Å². The van der Waals surface area contributed by atoms with E-state index in [1.54, 1.807) is 0 Å². The van der Waals surface area contributed by atoms with Crippen molar-refractivity contribution in [3.05, 3.63) is 29.4 Å². The van der Waals surface area contributed by atoms with Gasteiger partial charge in [-0.25, -0.2) is 0 Å². The van der Waals surface area contributed by atoms with E-state index in [0.29, 0.717) is 0 Å². The van der Waals surface area contributed by atoms with Gasteiger partial charge in [-0.1, -0.05) is 0 Å². The average Bonchev–Trinajstić information content (AvgIpc) is 2.99. The molecule has 5 heteroatoms. The van der Waals surface area contributed by atoms with Crippen molar-refractivity contribution in [2.45, 2.75) is 6.54 Å². The molecule has 3 rings (SSSR count). The number of hydrogen-bond acceptors (Lipinski definition) is 4. The van der Waals surface area contributed by atoms with Gasteiger partial charge in [0.25, 0.3) is 0 Å². The lowest BCUT2D eigenvalue weighted by Crippen LogP contribution is -2.42. The first-order valence-electron chi connectivity index (χ1n) is 6.32. The second-order valence-corrected chi connectivity index (χ2v) is 5.86. The highest BCUT2D eigenvalue weighted by Crippen LogP contribution is 2.28. The van der Waals surface area contributed by atoms with Crippen molar-refractivity contribution in [1.29, 1.82) is 0 Å². The Balaban J connectivity index is 1.69. The highest BCUT2D eigenvalue weighted by Gasteiger charge is 2.11. The zero-order valence-corrected chi connectivity index (χ0v) is 11.4. The molecule has 1 aliphatic heterocycles. The standard InChI is InChI=1S/C13H18N4S/c1-16-9-11(8-15-16)13-3-2-12(18-13)10-17-6-4-14-5-7-17/h2-3,8-9,14H,4-7,10H2,1H3. The summed E-state index contributed by atoms with van der Waals surface area (Å²) in [6.45, 7) is 5.61. The van der Waals surface area contributed by atoms with Crippen LogP contribution in [-0.4, -0.2) is 40.9 Å². The topological polar surface area (TPSA) is 33.1 Å². The molecule has 0 radical (unpaired) electrons. The molecule has 1 aliphatic rings. The van der Waals surface area contributed by atoms with Crippen LogP contribution in [0.4, 0.5) is 0 Å². The zero-order valence-electron chi connectivity index (χ0n) is 10.6. The summed E-state index contributed by atoms with van der Waals surface area (Å²) in [6.07, 6.45) is 4.00. The fraction of sp³-hybridized carbons (Fsp3) is 0.462. The van der Waals surface area contributed by atoms with Crippen LogP contribution in [0.5, 0.6) is 0 Å². The first-order chi connectivity index (χ1) is 8.81. The Bertz CT molecular complexity index is 511. The molecular formula is C13H18N4S. The van der Waals surface area contributed by atoms with Gasteiger partial charge in [-0.3, -0.25) is 9.58 Å². The smallest absolute Gasteiger partial charge is 0.0576 e. The maximum absolute atomic E-state index is 4.22. The van der Waals surface area contributed by atoms with Gasteiger partial charge in [0, 0.05) is 61.3 Å². The Morgan fingerprint density at radius 2 is 2.17 bits per heavy atom. The van der Waals surface area contributed by atoms with Gasteiger partial charge in [-0.15, -0.1) is 11.3 Å². The molecule has 0 bridgehead atoms. The molecule has 3 heterocycles. The molecule has 96 valence electrons. The van der Waals surface area contributed by atoms with Crippen molar-refractivity contribution in [1.82, 2.24) is 20.0 Å². The van der Waals surface area contributed by atoms with Crippen LogP contribution < -0.4 is 5.32 Å². The third kappa shape index (κ3) is 2.63. The molecule has 0 amide bonds. The van der Waals surface area contributed by atoms with Gasteiger partial charge >= 0.3 is 0 Å². The molecule has 1 saturated heterocycles. The predicted molar refractivity (Wildman–Crippen MR) is 74.7 cm³/mol. The van der Waals surface area contributed by atoms with Crippen molar-refractivity contribution < 1.29 is 0 Å². The summed E-state index contributed by atoms with van der Waals surface area (Å²) in [6, 6.07) is 4.45. The molecule has 0 aliphatic carbocycles. The first-order valence-corrected chi connectivity index (χ1v) is 7.14. The van der Waals surface area contributed by atoms with E-state index in [2.05, 4.69) is 33.6 Å². The number of thiophene rings is 1. The number of aromatic nitrogens is 2. The Hall–Kier alpha value is -1.17. The number of aryl methyl sites for hydroxylation is 1. The van der Waals surface area contributed by atoms with E-state index < -0.39 is 0 Å². The lowest BCUT2D eigenvalue weighted by Gasteiger charge is -2.26. The molecule has 4 nitrogen and oxygen atoms in total. The minimum absolute atomic E-state index is 1.08. The summed E-state index contributed by atoms with van der Waals surface area (Å²) in [5, 5.41) is 7.61. The van der Waals surface area contributed by atoms with Crippen molar-refractivity contribution >= 4 is 11.3 Å². The summed E-state index contributed by atoms with van der Waals surface area (Å²) in [4.78, 5) is 5.26. The number of nitrogens with one attached hydrogen (secondary N) is 1. The molecule has 1 fully saturated rings. The Labute approximate surface area is 111 Å². The van der Waals surface area contributed by atoms with Crippen LogP contribution in [0.2, 0.25) is 0 Å². The number of piperazine rings is 1. The third-order valence-electron chi connectivity index (χ3n) is 3.24. The Kier molecular flexibility index (Phi) is 3.45. The highest BCUT2D eigenvalue weighted by molar-refractivity contribution is 7.15. The normalized spacial score (nSPS) is 17.2. The Morgan fingerprint density at radius 3 is 2.89 bits per heavy atom. The van der Waals surface area contributed by atoms with Crippen LogP contribution in [0.1, 0.15) is 4.88 Å². The van der Waals surface area contributed by atoms with Gasteiger partial charge in [0.1, 0.15) is 0 Å². The van der Waals surface area contributed by atoms with E-state index in [0.717, 1.165) is 32.7 Å². The summed E-state index contributed by atoms with van der Waals surface area (Å²) < 4.78 is 1.85. The fourth-order valence-electron chi connectivity index (χ4n) is 2.26. The molecule has 0 atom stereocenters. The summed E-state index contributed by atoms with van der Waals surface area (Å²) in [7, 11) is 1.96. The summed E-state index contributed by atoms with van der Waals surface area (Å²) >= 11 is 1.88. The van der Waals surface area contributed by atoms with E-state index in [4.69, 9.17) is 0 Å². The lowest BCUT2D eigenvalue weighted by molar-refractivity contribution is 0.235. The molecule has 0 unspecified atom stereocenters. The minimum Gasteiger partial charge on any atom is -0.314 e. The van der Waals surface area contributed by atoms with E-state index in [1.807, 2.05) is 29.3 Å². The van der Waals surface area contributed by atoms with Gasteiger partial charge in [-0.2, -0.15) is 5.10 Å². The quantitative estimate of drug-likeness (QED) is 0.911. The average molecular weight is 262 g/mol. The van der Waals surface area contributed by atoms with E-state index in [1.165, 1.54) is 15.3 Å². The van der Waals surface area contributed by atoms with Gasteiger partial charge < -0.3 is 5.32 Å². The molecule has 1 N–H and O–H groups in total. The fourth-order valence-corrected chi connectivity index (χ4v) is 3.28. The molecule has 2 aromatic rings. The SMILES string of the molecule is Cn1cc(-c2ccc(CN3CCNCC3)s2)cn1. The van der Waals surface area contributed by atoms with Crippen LogP contribution in [0.3, 0.4) is 0 Å². The van der Waals surface area contributed by atoms with Gasteiger partial charge in [0.05, 0.1) is 6.20 Å². The van der Waals surface area contributed by atoms with Crippen LogP contribution in [0.15, 0.2) is 24.5 Å².